The van der Waals surface area contributed by atoms with Gasteiger partial charge in [-0.05, 0) is 51.0 Å². The highest BCUT2D eigenvalue weighted by molar-refractivity contribution is 7.13. The number of carbonyl (C=O) groups is 1. The molecule has 1 amide bonds. The van der Waals surface area contributed by atoms with Crippen LogP contribution in [-0.4, -0.2) is 23.5 Å². The minimum atomic E-state index is -0.589. The van der Waals surface area contributed by atoms with E-state index in [0.717, 1.165) is 32.4 Å². The molecule has 1 heterocycles. The highest BCUT2D eigenvalue weighted by atomic mass is 35.5. The average Bonchev–Trinajstić information content (AvgIpc) is 3.15. The normalized spacial score (nSPS) is 11.9. The minimum absolute atomic E-state index is 0.149. The Morgan fingerprint density at radius 3 is 2.48 bits per heavy atom. The third-order valence-corrected chi connectivity index (χ3v) is 6.16. The van der Waals surface area contributed by atoms with Crippen LogP contribution in [0, 0.1) is 20.8 Å². The van der Waals surface area contributed by atoms with Gasteiger partial charge in [-0.3, -0.25) is 4.79 Å². The van der Waals surface area contributed by atoms with E-state index in [1.54, 1.807) is 18.3 Å². The maximum absolute atomic E-state index is 12.4. The van der Waals surface area contributed by atoms with Gasteiger partial charge in [0.2, 0.25) is 0 Å². The van der Waals surface area contributed by atoms with E-state index in [-0.39, 0.29) is 5.91 Å². The van der Waals surface area contributed by atoms with Crippen molar-refractivity contribution in [1.29, 1.82) is 0 Å². The van der Waals surface area contributed by atoms with Crippen LogP contribution in [0.1, 0.15) is 29.3 Å². The van der Waals surface area contributed by atoms with Crippen molar-refractivity contribution in [3.05, 3.63) is 69.2 Å². The number of hydrogen-bond donors (Lipinski definition) is 1. The molecule has 6 heteroatoms. The third-order valence-electron chi connectivity index (χ3n) is 4.62. The molecule has 0 bridgehead atoms. The molecule has 1 aromatic heterocycles. The molecule has 29 heavy (non-hydrogen) atoms. The SMILES string of the molecule is Cc1ccc(-c2nc(CCNC(=O)[C@@H](C)Oc3cc(C)c(Cl)c(C)c3)cs2)cc1. The number of rotatable bonds is 7. The van der Waals surface area contributed by atoms with E-state index in [2.05, 4.69) is 41.5 Å². The monoisotopic (exact) mass is 428 g/mol. The van der Waals surface area contributed by atoms with Gasteiger partial charge in [-0.1, -0.05) is 41.4 Å². The fourth-order valence-corrected chi connectivity index (χ4v) is 3.91. The fourth-order valence-electron chi connectivity index (χ4n) is 2.94. The van der Waals surface area contributed by atoms with Crippen molar-refractivity contribution in [3.63, 3.8) is 0 Å². The Kier molecular flexibility index (Phi) is 6.93. The van der Waals surface area contributed by atoms with Gasteiger partial charge in [0.1, 0.15) is 10.8 Å². The largest absolute Gasteiger partial charge is 0.481 e. The second-order valence-electron chi connectivity index (χ2n) is 7.18. The quantitative estimate of drug-likeness (QED) is 0.539. The molecule has 0 saturated carbocycles. The summed E-state index contributed by atoms with van der Waals surface area (Å²) in [6.07, 6.45) is 0.0912. The second kappa shape index (κ2) is 9.42. The van der Waals surface area contributed by atoms with Gasteiger partial charge in [-0.25, -0.2) is 4.98 Å². The highest BCUT2D eigenvalue weighted by Crippen LogP contribution is 2.26. The molecule has 152 valence electrons. The molecule has 0 aliphatic carbocycles. The Bertz CT molecular complexity index is 975. The lowest BCUT2D eigenvalue weighted by atomic mass is 10.1. The van der Waals surface area contributed by atoms with Crippen molar-refractivity contribution in [3.8, 4) is 16.3 Å². The molecule has 3 aromatic rings. The number of aryl methyl sites for hydroxylation is 3. The molecule has 0 radical (unpaired) electrons. The van der Waals surface area contributed by atoms with E-state index in [4.69, 9.17) is 16.3 Å². The third kappa shape index (κ3) is 5.58. The number of ether oxygens (including phenoxy) is 1. The number of hydrogen-bond acceptors (Lipinski definition) is 4. The van der Waals surface area contributed by atoms with Gasteiger partial charge in [0.15, 0.2) is 6.10 Å². The molecule has 0 aliphatic rings. The van der Waals surface area contributed by atoms with E-state index in [1.165, 1.54) is 5.56 Å². The first-order valence-corrected chi connectivity index (χ1v) is 10.8. The van der Waals surface area contributed by atoms with Crippen molar-refractivity contribution in [2.75, 3.05) is 6.54 Å². The van der Waals surface area contributed by atoms with Crippen molar-refractivity contribution < 1.29 is 9.53 Å². The molecule has 1 N–H and O–H groups in total. The molecule has 1 atom stereocenters. The Hall–Kier alpha value is -2.37. The second-order valence-corrected chi connectivity index (χ2v) is 8.42. The molecule has 0 saturated heterocycles. The lowest BCUT2D eigenvalue weighted by Crippen LogP contribution is -2.37. The number of benzene rings is 2. The van der Waals surface area contributed by atoms with E-state index >= 15 is 0 Å². The lowest BCUT2D eigenvalue weighted by Gasteiger charge is -2.16. The van der Waals surface area contributed by atoms with Crippen LogP contribution < -0.4 is 10.1 Å². The zero-order valence-electron chi connectivity index (χ0n) is 17.1. The van der Waals surface area contributed by atoms with Crippen molar-refractivity contribution >= 4 is 28.8 Å². The van der Waals surface area contributed by atoms with E-state index in [9.17, 15) is 4.79 Å². The van der Waals surface area contributed by atoms with E-state index in [1.807, 2.05) is 31.4 Å². The van der Waals surface area contributed by atoms with Crippen LogP contribution >= 0.6 is 22.9 Å². The number of nitrogens with one attached hydrogen (secondary N) is 1. The van der Waals surface area contributed by atoms with Crippen LogP contribution in [0.3, 0.4) is 0 Å². The minimum Gasteiger partial charge on any atom is -0.481 e. The number of amides is 1. The van der Waals surface area contributed by atoms with Gasteiger partial charge < -0.3 is 10.1 Å². The molecular weight excluding hydrogens is 404 g/mol. The molecule has 0 fully saturated rings. The first-order valence-electron chi connectivity index (χ1n) is 9.56. The smallest absolute Gasteiger partial charge is 0.260 e. The van der Waals surface area contributed by atoms with Crippen molar-refractivity contribution in [1.82, 2.24) is 10.3 Å². The fraction of sp³-hybridized carbons (Fsp3) is 0.304. The van der Waals surface area contributed by atoms with Gasteiger partial charge >= 0.3 is 0 Å². The molecule has 0 spiro atoms. The number of halogens is 1. The van der Waals surface area contributed by atoms with Crippen LogP contribution in [0.25, 0.3) is 10.6 Å². The van der Waals surface area contributed by atoms with Gasteiger partial charge in [0.05, 0.1) is 5.69 Å². The Morgan fingerprint density at radius 2 is 1.83 bits per heavy atom. The van der Waals surface area contributed by atoms with Crippen molar-refractivity contribution in [2.45, 2.75) is 40.2 Å². The summed E-state index contributed by atoms with van der Waals surface area (Å²) in [6, 6.07) is 12.0. The predicted molar refractivity (Wildman–Crippen MR) is 120 cm³/mol. The zero-order valence-corrected chi connectivity index (χ0v) is 18.7. The van der Waals surface area contributed by atoms with Crippen molar-refractivity contribution in [2.24, 2.45) is 0 Å². The van der Waals surface area contributed by atoms with Crippen LogP contribution in [0.15, 0.2) is 41.8 Å². The summed E-state index contributed by atoms with van der Waals surface area (Å²) in [5.41, 5.74) is 5.19. The van der Waals surface area contributed by atoms with E-state index in [0.29, 0.717) is 18.7 Å². The molecular formula is C23H25ClN2O2S. The summed E-state index contributed by atoms with van der Waals surface area (Å²) in [7, 11) is 0. The molecule has 0 aliphatic heterocycles. The molecule has 4 nitrogen and oxygen atoms in total. The van der Waals surface area contributed by atoms with Gasteiger partial charge in [-0.15, -0.1) is 11.3 Å². The van der Waals surface area contributed by atoms with Gasteiger partial charge in [0, 0.05) is 28.9 Å². The number of aromatic nitrogens is 1. The van der Waals surface area contributed by atoms with Crippen LogP contribution in [0.2, 0.25) is 5.02 Å². The Morgan fingerprint density at radius 1 is 1.17 bits per heavy atom. The molecule has 3 rings (SSSR count). The average molecular weight is 429 g/mol. The summed E-state index contributed by atoms with van der Waals surface area (Å²) < 4.78 is 5.78. The highest BCUT2D eigenvalue weighted by Gasteiger charge is 2.15. The lowest BCUT2D eigenvalue weighted by molar-refractivity contribution is -0.127. The summed E-state index contributed by atoms with van der Waals surface area (Å²) in [4.78, 5) is 17.0. The van der Waals surface area contributed by atoms with Gasteiger partial charge in [0.25, 0.3) is 5.91 Å². The van der Waals surface area contributed by atoms with Crippen LogP contribution in [0.4, 0.5) is 0 Å². The predicted octanol–water partition coefficient (Wildman–Crippen LogP) is 5.51. The Labute approximate surface area is 180 Å². The van der Waals surface area contributed by atoms with E-state index < -0.39 is 6.10 Å². The Balaban J connectivity index is 1.50. The standard InChI is InChI=1S/C23H25ClN2O2S/c1-14-5-7-18(8-6-14)23-26-19(13-29-23)9-10-25-22(27)17(4)28-20-11-15(2)21(24)16(3)12-20/h5-8,11-13,17H,9-10H2,1-4H3,(H,25,27)/t17-/m1/s1. The maximum atomic E-state index is 12.4. The number of carbonyl (C=O) groups excluding carboxylic acids is 1. The summed E-state index contributed by atoms with van der Waals surface area (Å²) in [6.45, 7) is 8.17. The first kappa shape index (κ1) is 21.3. The number of nitrogens with zero attached hydrogens (tertiary/aromatic N) is 1. The zero-order chi connectivity index (χ0) is 21.0. The topological polar surface area (TPSA) is 51.2 Å². The number of thiazole rings is 1. The molecule has 2 aromatic carbocycles. The first-order chi connectivity index (χ1) is 13.8. The van der Waals surface area contributed by atoms with Crippen LogP contribution in [-0.2, 0) is 11.2 Å². The van der Waals surface area contributed by atoms with Gasteiger partial charge in [-0.2, -0.15) is 0 Å². The maximum Gasteiger partial charge on any atom is 0.260 e. The molecule has 0 unspecified atom stereocenters. The summed E-state index contributed by atoms with van der Waals surface area (Å²) in [5.74, 6) is 0.499. The summed E-state index contributed by atoms with van der Waals surface area (Å²) >= 11 is 7.80. The summed E-state index contributed by atoms with van der Waals surface area (Å²) in [5, 5.41) is 6.69. The van der Waals surface area contributed by atoms with Crippen LogP contribution in [0.5, 0.6) is 5.75 Å².